The number of hydrogen-bond donors (Lipinski definition) is 1. The second-order valence-electron chi connectivity index (χ2n) is 12.4. The molecule has 4 atom stereocenters. The van der Waals surface area contributed by atoms with Gasteiger partial charge < -0.3 is 24.4 Å². The molecule has 2 aliphatic heterocycles. The second-order valence-corrected chi connectivity index (χ2v) is 12.4. The first-order chi connectivity index (χ1) is 19.9. The van der Waals surface area contributed by atoms with Crippen molar-refractivity contribution in [2.24, 2.45) is 17.3 Å². The number of carbonyl (C=O) groups is 3. The first-order valence-corrected chi connectivity index (χ1v) is 16.2. The van der Waals surface area contributed by atoms with E-state index in [-0.39, 0.29) is 36.7 Å². The van der Waals surface area contributed by atoms with Crippen molar-refractivity contribution >= 4 is 17.8 Å². The van der Waals surface area contributed by atoms with Gasteiger partial charge in [0.1, 0.15) is 5.41 Å². The van der Waals surface area contributed by atoms with E-state index < -0.39 is 17.4 Å². The Balaban J connectivity index is 1.54. The van der Waals surface area contributed by atoms with Crippen molar-refractivity contribution in [3.05, 3.63) is 23.4 Å². The summed E-state index contributed by atoms with van der Waals surface area (Å²) < 4.78 is 17.6. The lowest BCUT2D eigenvalue weighted by Gasteiger charge is -2.52. The van der Waals surface area contributed by atoms with Gasteiger partial charge in [0.05, 0.1) is 19.3 Å². The Morgan fingerprint density at radius 3 is 2.63 bits per heavy atom. The molecule has 0 unspecified atom stereocenters. The van der Waals surface area contributed by atoms with Gasteiger partial charge in [-0.15, -0.1) is 0 Å². The van der Waals surface area contributed by atoms with Crippen LogP contribution < -0.4 is 5.32 Å². The molecule has 0 radical (unpaired) electrons. The van der Waals surface area contributed by atoms with Gasteiger partial charge in [0, 0.05) is 44.3 Å². The van der Waals surface area contributed by atoms with E-state index in [1.807, 2.05) is 11.8 Å². The molecule has 1 N–H and O–H groups in total. The summed E-state index contributed by atoms with van der Waals surface area (Å²) in [6.45, 7) is 6.41. The predicted molar refractivity (Wildman–Crippen MR) is 158 cm³/mol. The maximum Gasteiger partial charge on any atom is 0.320 e. The molecule has 2 aliphatic carbocycles. The van der Waals surface area contributed by atoms with Crippen LogP contribution in [-0.2, 0) is 28.6 Å². The molecule has 0 aromatic carbocycles. The van der Waals surface area contributed by atoms with E-state index in [9.17, 15) is 14.4 Å². The Kier molecular flexibility index (Phi) is 11.9. The number of allylic oxidation sites excluding steroid dienone is 1. The molecule has 2 fully saturated rings. The minimum Gasteiger partial charge on any atom is -0.468 e. The van der Waals surface area contributed by atoms with Crippen LogP contribution in [0, 0.1) is 17.3 Å². The molecule has 2 heterocycles. The highest BCUT2D eigenvalue weighted by Crippen LogP contribution is 2.52. The Bertz CT molecular complexity index is 971. The molecule has 4 rings (SSSR count). The SMILES string of the molecule is CCCCOCCCNC(=O)C[C@H]1C[C@]2(C(=O)OC)C(=C[C@@H](C3CCCC3)O[C@H]2C)N(CCC2=CCCCC2)C1=O. The standard InChI is InChI=1S/C33H52N2O6/c1-4-5-19-40-20-11-17-34-30(36)21-27-23-33(32(38)39-3)24(2)41-28(26-14-9-10-15-26)22-29(33)35(31(27)37)18-16-25-12-7-6-8-13-25/h12,22,24,26-28H,4-11,13-21,23H2,1-3H3,(H,34,36)/t24-,27-,28-,33+/m0/s1. The summed E-state index contributed by atoms with van der Waals surface area (Å²) in [6, 6.07) is 0. The fourth-order valence-corrected chi connectivity index (χ4v) is 7.21. The van der Waals surface area contributed by atoms with E-state index in [0.717, 1.165) is 63.7 Å². The van der Waals surface area contributed by atoms with Gasteiger partial charge in [0.25, 0.3) is 0 Å². The van der Waals surface area contributed by atoms with Crippen LogP contribution in [0.4, 0.5) is 0 Å². The number of unbranched alkanes of at least 4 members (excludes halogenated alkanes) is 1. The molecule has 8 nitrogen and oxygen atoms in total. The van der Waals surface area contributed by atoms with E-state index in [2.05, 4.69) is 24.4 Å². The summed E-state index contributed by atoms with van der Waals surface area (Å²) in [7, 11) is 1.41. The van der Waals surface area contributed by atoms with Crippen LogP contribution in [0.25, 0.3) is 0 Å². The van der Waals surface area contributed by atoms with Gasteiger partial charge >= 0.3 is 5.97 Å². The number of amides is 2. The lowest BCUT2D eigenvalue weighted by molar-refractivity contribution is -0.177. The van der Waals surface area contributed by atoms with Gasteiger partial charge in [-0.3, -0.25) is 14.4 Å². The Morgan fingerprint density at radius 1 is 1.15 bits per heavy atom. The largest absolute Gasteiger partial charge is 0.468 e. The molecule has 0 bridgehead atoms. The summed E-state index contributed by atoms with van der Waals surface area (Å²) >= 11 is 0. The summed E-state index contributed by atoms with van der Waals surface area (Å²) in [4.78, 5) is 42.6. The fourth-order valence-electron chi connectivity index (χ4n) is 7.21. The lowest BCUT2D eigenvalue weighted by Crippen LogP contribution is -2.60. The quantitative estimate of drug-likeness (QED) is 0.169. The molecule has 0 aromatic heterocycles. The molecule has 1 saturated heterocycles. The highest BCUT2D eigenvalue weighted by molar-refractivity contribution is 5.92. The highest BCUT2D eigenvalue weighted by atomic mass is 16.5. The normalized spacial score (nSPS) is 28.6. The predicted octanol–water partition coefficient (Wildman–Crippen LogP) is 5.46. The molecule has 4 aliphatic rings. The van der Waals surface area contributed by atoms with Crippen molar-refractivity contribution < 1.29 is 28.6 Å². The summed E-state index contributed by atoms with van der Waals surface area (Å²) in [6.07, 6.45) is 16.8. The zero-order valence-electron chi connectivity index (χ0n) is 25.6. The molecule has 2 amide bonds. The molecule has 41 heavy (non-hydrogen) atoms. The number of methoxy groups -OCH3 is 1. The summed E-state index contributed by atoms with van der Waals surface area (Å²) in [5.41, 5.74) is 1.00. The van der Waals surface area contributed by atoms with Gasteiger partial charge in [-0.05, 0) is 83.1 Å². The Morgan fingerprint density at radius 2 is 1.93 bits per heavy atom. The number of likely N-dealkylation sites (tertiary alicyclic amines) is 1. The van der Waals surface area contributed by atoms with E-state index in [4.69, 9.17) is 14.2 Å². The van der Waals surface area contributed by atoms with E-state index >= 15 is 0 Å². The maximum atomic E-state index is 14.1. The molecule has 0 spiro atoms. The zero-order chi connectivity index (χ0) is 29.2. The minimum atomic E-state index is -1.11. The number of fused-ring (bicyclic) bond motifs is 1. The van der Waals surface area contributed by atoms with Crippen LogP contribution in [0.3, 0.4) is 0 Å². The van der Waals surface area contributed by atoms with Crippen molar-refractivity contribution in [3.8, 4) is 0 Å². The number of rotatable bonds is 14. The van der Waals surface area contributed by atoms with Crippen LogP contribution >= 0.6 is 0 Å². The van der Waals surface area contributed by atoms with E-state index in [1.54, 1.807) is 0 Å². The molecular formula is C33H52N2O6. The smallest absolute Gasteiger partial charge is 0.320 e. The minimum absolute atomic E-state index is 0.0412. The average molecular weight is 573 g/mol. The Hall–Kier alpha value is -2.19. The fraction of sp³-hybridized carbons (Fsp3) is 0.788. The van der Waals surface area contributed by atoms with Crippen LogP contribution in [0.1, 0.15) is 104 Å². The number of piperidine rings is 1. The highest BCUT2D eigenvalue weighted by Gasteiger charge is 2.60. The Labute approximate surface area is 246 Å². The molecule has 230 valence electrons. The van der Waals surface area contributed by atoms with Crippen LogP contribution in [0.15, 0.2) is 23.4 Å². The van der Waals surface area contributed by atoms with Crippen LogP contribution in [0.5, 0.6) is 0 Å². The number of nitrogens with zero attached hydrogens (tertiary/aromatic N) is 1. The van der Waals surface area contributed by atoms with E-state index in [1.165, 1.54) is 38.4 Å². The molecule has 1 saturated carbocycles. The average Bonchev–Trinajstić information content (AvgIpc) is 3.52. The van der Waals surface area contributed by atoms with Crippen molar-refractivity contribution in [2.45, 2.75) is 116 Å². The van der Waals surface area contributed by atoms with Crippen molar-refractivity contribution in [2.75, 3.05) is 33.4 Å². The van der Waals surface area contributed by atoms with Crippen molar-refractivity contribution in [1.29, 1.82) is 0 Å². The van der Waals surface area contributed by atoms with Gasteiger partial charge in [0.2, 0.25) is 11.8 Å². The van der Waals surface area contributed by atoms with Gasteiger partial charge in [0.15, 0.2) is 0 Å². The topological polar surface area (TPSA) is 94.2 Å². The number of ether oxygens (including phenoxy) is 3. The lowest BCUT2D eigenvalue weighted by atomic mass is 9.66. The second kappa shape index (κ2) is 15.3. The summed E-state index contributed by atoms with van der Waals surface area (Å²) in [5, 5.41) is 2.96. The molecule has 0 aromatic rings. The van der Waals surface area contributed by atoms with Crippen LogP contribution in [0.2, 0.25) is 0 Å². The van der Waals surface area contributed by atoms with Crippen LogP contribution in [-0.4, -0.2) is 68.3 Å². The van der Waals surface area contributed by atoms with Gasteiger partial charge in [-0.1, -0.05) is 37.8 Å². The third-order valence-electron chi connectivity index (χ3n) is 9.63. The number of hydrogen-bond acceptors (Lipinski definition) is 6. The number of nitrogens with one attached hydrogen (secondary N) is 1. The first-order valence-electron chi connectivity index (χ1n) is 16.2. The number of esters is 1. The monoisotopic (exact) mass is 572 g/mol. The molecular weight excluding hydrogens is 520 g/mol. The third kappa shape index (κ3) is 7.61. The first kappa shape index (κ1) is 31.7. The van der Waals surface area contributed by atoms with Gasteiger partial charge in [-0.25, -0.2) is 0 Å². The van der Waals surface area contributed by atoms with Crippen molar-refractivity contribution in [1.82, 2.24) is 10.2 Å². The van der Waals surface area contributed by atoms with E-state index in [0.29, 0.717) is 25.6 Å². The molecule has 8 heteroatoms. The van der Waals surface area contributed by atoms with Gasteiger partial charge in [-0.2, -0.15) is 0 Å². The maximum absolute atomic E-state index is 14.1. The third-order valence-corrected chi connectivity index (χ3v) is 9.63. The summed E-state index contributed by atoms with van der Waals surface area (Å²) in [5.74, 6) is -0.850. The van der Waals surface area contributed by atoms with Crippen molar-refractivity contribution in [3.63, 3.8) is 0 Å². The number of carbonyl (C=O) groups excluding carboxylic acids is 3. The zero-order valence-corrected chi connectivity index (χ0v) is 25.6.